The first-order valence-corrected chi connectivity index (χ1v) is 11.3. The molecule has 0 spiro atoms. The summed E-state index contributed by atoms with van der Waals surface area (Å²) in [4.78, 5) is 36.5. The highest BCUT2D eigenvalue weighted by atomic mass is 32.2. The Hall–Kier alpha value is -3.06. The maximum absolute atomic E-state index is 11.8. The summed E-state index contributed by atoms with van der Waals surface area (Å²) >= 11 is 0.888. The van der Waals surface area contributed by atoms with Gasteiger partial charge in [-0.3, -0.25) is 19.8 Å². The predicted octanol–water partition coefficient (Wildman–Crippen LogP) is 6.13. The minimum absolute atomic E-state index is 0.363. The number of benzene rings is 2. The van der Waals surface area contributed by atoms with E-state index < -0.39 is 6.09 Å². The van der Waals surface area contributed by atoms with E-state index in [0.29, 0.717) is 17.1 Å². The van der Waals surface area contributed by atoms with Crippen molar-refractivity contribution in [1.82, 2.24) is 5.32 Å². The lowest BCUT2D eigenvalue weighted by Gasteiger charge is -2.20. The van der Waals surface area contributed by atoms with Gasteiger partial charge in [0.15, 0.2) is 0 Å². The maximum atomic E-state index is 11.8. The molecule has 3 rings (SSSR count). The molecule has 0 aromatic heterocycles. The minimum Gasteiger partial charge on any atom is -0.465 e. The van der Waals surface area contributed by atoms with Crippen LogP contribution in [0.4, 0.5) is 15.3 Å². The van der Waals surface area contributed by atoms with Crippen molar-refractivity contribution in [3.8, 4) is 11.1 Å². The molecule has 1 aliphatic heterocycles. The van der Waals surface area contributed by atoms with Crippen molar-refractivity contribution < 1.29 is 19.5 Å². The largest absolute Gasteiger partial charge is 0.465 e. The molecule has 3 amide bonds. The second-order valence-electron chi connectivity index (χ2n) is 7.37. The molecule has 0 radical (unpaired) electrons. The number of amides is 3. The van der Waals surface area contributed by atoms with Gasteiger partial charge in [-0.05, 0) is 53.1 Å². The number of anilines is 1. The zero-order valence-corrected chi connectivity index (χ0v) is 18.3. The number of nitrogens with one attached hydrogen (secondary N) is 1. The van der Waals surface area contributed by atoms with Crippen molar-refractivity contribution in [2.45, 2.75) is 39.0 Å². The van der Waals surface area contributed by atoms with Crippen molar-refractivity contribution in [2.24, 2.45) is 0 Å². The molecule has 1 fully saturated rings. The third kappa shape index (κ3) is 6.21. The maximum Gasteiger partial charge on any atom is 0.411 e. The summed E-state index contributed by atoms with van der Waals surface area (Å²) in [5, 5.41) is 11.5. The molecule has 6 nitrogen and oxygen atoms in total. The number of thioether (sulfide) groups is 1. The fourth-order valence-corrected chi connectivity index (χ4v) is 4.09. The zero-order chi connectivity index (χ0) is 22.2. The number of nitrogens with zero attached hydrogens (tertiary/aromatic N) is 1. The van der Waals surface area contributed by atoms with E-state index in [0.717, 1.165) is 54.1 Å². The Kier molecular flexibility index (Phi) is 7.89. The van der Waals surface area contributed by atoms with Gasteiger partial charge in [0.25, 0.3) is 11.1 Å². The molecule has 31 heavy (non-hydrogen) atoms. The number of carbonyl (C=O) groups excluding carboxylic acids is 2. The van der Waals surface area contributed by atoms with Crippen LogP contribution in [-0.4, -0.2) is 28.9 Å². The van der Waals surface area contributed by atoms with Crippen LogP contribution >= 0.6 is 11.8 Å². The Morgan fingerprint density at radius 2 is 1.77 bits per heavy atom. The van der Waals surface area contributed by atoms with E-state index in [-0.39, 0.29) is 11.1 Å². The first-order valence-electron chi connectivity index (χ1n) is 10.4. The van der Waals surface area contributed by atoms with Crippen molar-refractivity contribution >= 4 is 40.8 Å². The molecule has 0 aliphatic carbocycles. The summed E-state index contributed by atoms with van der Waals surface area (Å²) in [5.41, 5.74) is 3.32. The van der Waals surface area contributed by atoms with Crippen LogP contribution in [0.2, 0.25) is 0 Å². The first-order chi connectivity index (χ1) is 15.0. The fourth-order valence-electron chi connectivity index (χ4n) is 3.41. The van der Waals surface area contributed by atoms with Gasteiger partial charge in [-0.25, -0.2) is 4.79 Å². The third-order valence-electron chi connectivity index (χ3n) is 5.06. The Balaban J connectivity index is 1.72. The van der Waals surface area contributed by atoms with Crippen LogP contribution in [0.1, 0.15) is 44.6 Å². The highest BCUT2D eigenvalue weighted by Gasteiger charge is 2.24. The van der Waals surface area contributed by atoms with Crippen LogP contribution in [0.5, 0.6) is 0 Å². The monoisotopic (exact) mass is 438 g/mol. The van der Waals surface area contributed by atoms with Gasteiger partial charge in [0, 0.05) is 12.2 Å². The Bertz CT molecular complexity index is 985. The van der Waals surface area contributed by atoms with Crippen LogP contribution in [-0.2, 0) is 4.79 Å². The van der Waals surface area contributed by atoms with Crippen LogP contribution in [0.3, 0.4) is 0 Å². The van der Waals surface area contributed by atoms with Crippen LogP contribution < -0.4 is 10.2 Å². The van der Waals surface area contributed by atoms with E-state index >= 15 is 0 Å². The third-order valence-corrected chi connectivity index (χ3v) is 5.87. The lowest BCUT2D eigenvalue weighted by molar-refractivity contribution is -0.115. The zero-order valence-electron chi connectivity index (χ0n) is 17.5. The second-order valence-corrected chi connectivity index (χ2v) is 8.39. The Morgan fingerprint density at radius 1 is 1.03 bits per heavy atom. The molecular weight excluding hydrogens is 412 g/mol. The lowest BCUT2D eigenvalue weighted by Crippen LogP contribution is -2.30. The smallest absolute Gasteiger partial charge is 0.411 e. The van der Waals surface area contributed by atoms with Crippen molar-refractivity contribution in [3.05, 3.63) is 59.0 Å². The van der Waals surface area contributed by atoms with Gasteiger partial charge in [0.1, 0.15) is 0 Å². The molecule has 1 heterocycles. The standard InChI is InChI=1S/C24H26N2O4S/c1-2-3-4-5-6-14-26(24(29)30)20-9-7-8-19(16-20)18-12-10-17(11-13-18)15-21-22(27)25-23(28)31-21/h7-13,15-16H,2-6,14H2,1H3,(H,29,30)(H,25,27,28). The SMILES string of the molecule is CCCCCCCN(C(=O)O)c1cccc(-c2ccc(C=C3SC(=O)NC3=O)cc2)c1. The molecule has 0 bridgehead atoms. The normalized spacial score (nSPS) is 14.7. The molecule has 7 heteroatoms. The second kappa shape index (κ2) is 10.8. The highest BCUT2D eigenvalue weighted by molar-refractivity contribution is 8.18. The van der Waals surface area contributed by atoms with E-state index in [1.165, 1.54) is 11.3 Å². The van der Waals surface area contributed by atoms with Gasteiger partial charge >= 0.3 is 6.09 Å². The number of carboxylic acid groups (broad SMARTS) is 1. The number of rotatable bonds is 9. The summed E-state index contributed by atoms with van der Waals surface area (Å²) in [7, 11) is 0. The van der Waals surface area contributed by atoms with E-state index in [2.05, 4.69) is 12.2 Å². The van der Waals surface area contributed by atoms with Crippen LogP contribution in [0.15, 0.2) is 53.4 Å². The minimum atomic E-state index is -0.948. The number of hydrogen-bond donors (Lipinski definition) is 2. The van der Waals surface area contributed by atoms with E-state index in [4.69, 9.17) is 0 Å². The van der Waals surface area contributed by atoms with Gasteiger partial charge in [0.2, 0.25) is 0 Å². The molecule has 0 atom stereocenters. The first kappa shape index (κ1) is 22.6. The van der Waals surface area contributed by atoms with Crippen molar-refractivity contribution in [1.29, 1.82) is 0 Å². The fraction of sp³-hybridized carbons (Fsp3) is 0.292. The lowest BCUT2D eigenvalue weighted by atomic mass is 10.0. The molecule has 0 unspecified atom stereocenters. The van der Waals surface area contributed by atoms with E-state index in [1.807, 2.05) is 48.5 Å². The van der Waals surface area contributed by atoms with Crippen molar-refractivity contribution in [2.75, 3.05) is 11.4 Å². The summed E-state index contributed by atoms with van der Waals surface area (Å²) in [6.45, 7) is 2.64. The Morgan fingerprint density at radius 3 is 2.42 bits per heavy atom. The average Bonchev–Trinajstić information content (AvgIpc) is 3.07. The Labute approximate surface area is 186 Å². The predicted molar refractivity (Wildman–Crippen MR) is 125 cm³/mol. The number of unbranched alkanes of at least 4 members (excludes halogenated alkanes) is 4. The summed E-state index contributed by atoms with van der Waals surface area (Å²) in [6, 6.07) is 15.1. The molecule has 2 aromatic carbocycles. The van der Waals surface area contributed by atoms with Gasteiger partial charge in [0.05, 0.1) is 4.91 Å². The van der Waals surface area contributed by atoms with E-state index in [9.17, 15) is 19.5 Å². The molecule has 1 aliphatic rings. The molecule has 0 saturated carbocycles. The summed E-state index contributed by atoms with van der Waals surface area (Å²) < 4.78 is 0. The van der Waals surface area contributed by atoms with Gasteiger partial charge in [-0.1, -0.05) is 69.0 Å². The summed E-state index contributed by atoms with van der Waals surface area (Å²) in [6.07, 6.45) is 6.05. The number of imide groups is 1. The molecule has 2 N–H and O–H groups in total. The van der Waals surface area contributed by atoms with Crippen LogP contribution in [0, 0.1) is 0 Å². The van der Waals surface area contributed by atoms with E-state index in [1.54, 1.807) is 6.08 Å². The number of hydrogen-bond acceptors (Lipinski definition) is 4. The molecule has 1 saturated heterocycles. The highest BCUT2D eigenvalue weighted by Crippen LogP contribution is 2.28. The van der Waals surface area contributed by atoms with Crippen molar-refractivity contribution in [3.63, 3.8) is 0 Å². The molecule has 162 valence electrons. The van der Waals surface area contributed by atoms with Gasteiger partial charge in [-0.15, -0.1) is 0 Å². The quantitative estimate of drug-likeness (QED) is 0.363. The van der Waals surface area contributed by atoms with Gasteiger partial charge in [-0.2, -0.15) is 0 Å². The molecular formula is C24H26N2O4S. The van der Waals surface area contributed by atoms with Crippen LogP contribution in [0.25, 0.3) is 17.2 Å². The molecule has 2 aromatic rings. The average molecular weight is 439 g/mol. The van der Waals surface area contributed by atoms with Gasteiger partial charge < -0.3 is 5.11 Å². The topological polar surface area (TPSA) is 86.7 Å². The summed E-state index contributed by atoms with van der Waals surface area (Å²) in [5.74, 6) is -0.379. The number of carbonyl (C=O) groups is 3.